The fraction of sp³-hybridized carbons (Fsp3) is 0.167. The van der Waals surface area contributed by atoms with Crippen LogP contribution in [0.2, 0.25) is 0 Å². The van der Waals surface area contributed by atoms with Crippen molar-refractivity contribution >= 4 is 28.3 Å². The zero-order chi connectivity index (χ0) is 16.9. The summed E-state index contributed by atoms with van der Waals surface area (Å²) in [7, 11) is 0. The number of thiazole rings is 1. The van der Waals surface area contributed by atoms with Gasteiger partial charge in [0.1, 0.15) is 0 Å². The van der Waals surface area contributed by atoms with E-state index in [-0.39, 0.29) is 11.5 Å². The van der Waals surface area contributed by atoms with E-state index >= 15 is 0 Å². The number of fused-ring (bicyclic) bond motifs is 1. The minimum atomic E-state index is -0.153. The zero-order valence-corrected chi connectivity index (χ0v) is 14.0. The van der Waals surface area contributed by atoms with Crippen LogP contribution in [0.1, 0.15) is 17.0 Å². The average Bonchev–Trinajstić information content (AvgIpc) is 2.97. The SMILES string of the molecule is Cc1cc(=O)n2c(CCNC(=O)/C=C\c3ccccc3)csc2n1. The van der Waals surface area contributed by atoms with Crippen LogP contribution >= 0.6 is 11.3 Å². The standard InChI is InChI=1S/C18H17N3O2S/c1-13-11-17(23)21-15(12-24-18(21)20-13)9-10-19-16(22)8-7-14-5-3-2-4-6-14/h2-8,11-12H,9-10H2,1H3,(H,19,22)/b8-7-. The number of aryl methyl sites for hydroxylation is 1. The fourth-order valence-electron chi connectivity index (χ4n) is 2.37. The van der Waals surface area contributed by atoms with E-state index < -0.39 is 0 Å². The topological polar surface area (TPSA) is 63.5 Å². The van der Waals surface area contributed by atoms with Crippen molar-refractivity contribution in [3.05, 3.63) is 75.2 Å². The number of nitrogens with one attached hydrogen (secondary N) is 1. The molecule has 5 nitrogen and oxygen atoms in total. The molecule has 1 amide bonds. The van der Waals surface area contributed by atoms with Gasteiger partial charge in [0.2, 0.25) is 5.91 Å². The lowest BCUT2D eigenvalue weighted by atomic mass is 10.2. The molecule has 0 spiro atoms. The van der Waals surface area contributed by atoms with Crippen LogP contribution in [-0.2, 0) is 11.2 Å². The summed E-state index contributed by atoms with van der Waals surface area (Å²) in [4.78, 5) is 28.9. The van der Waals surface area contributed by atoms with Gasteiger partial charge in [-0.25, -0.2) is 4.98 Å². The Morgan fingerprint density at radius 3 is 2.92 bits per heavy atom. The molecule has 2 heterocycles. The van der Waals surface area contributed by atoms with Crippen molar-refractivity contribution in [2.75, 3.05) is 6.54 Å². The van der Waals surface area contributed by atoms with Gasteiger partial charge >= 0.3 is 0 Å². The fourth-order valence-corrected chi connectivity index (χ4v) is 3.34. The third-order valence-corrected chi connectivity index (χ3v) is 4.39. The molecule has 0 fully saturated rings. The van der Waals surface area contributed by atoms with Gasteiger partial charge in [-0.05, 0) is 18.6 Å². The molecule has 3 rings (SSSR count). The second-order valence-corrected chi connectivity index (χ2v) is 6.20. The van der Waals surface area contributed by atoms with Crippen LogP contribution in [0.3, 0.4) is 0 Å². The van der Waals surface area contributed by atoms with E-state index in [4.69, 9.17) is 0 Å². The van der Waals surface area contributed by atoms with Gasteiger partial charge in [-0.2, -0.15) is 0 Å². The first kappa shape index (κ1) is 16.1. The molecule has 1 aromatic carbocycles. The molecule has 1 N–H and O–H groups in total. The summed E-state index contributed by atoms with van der Waals surface area (Å²) in [5.41, 5.74) is 2.47. The second kappa shape index (κ2) is 7.23. The largest absolute Gasteiger partial charge is 0.352 e. The molecule has 0 saturated heterocycles. The van der Waals surface area contributed by atoms with E-state index in [0.717, 1.165) is 11.3 Å². The number of amides is 1. The number of rotatable bonds is 5. The molecule has 0 aliphatic carbocycles. The van der Waals surface area contributed by atoms with Crippen LogP contribution in [0.5, 0.6) is 0 Å². The zero-order valence-electron chi connectivity index (χ0n) is 13.2. The highest BCUT2D eigenvalue weighted by molar-refractivity contribution is 7.15. The first-order valence-corrected chi connectivity index (χ1v) is 8.49. The Hall–Kier alpha value is -2.73. The van der Waals surface area contributed by atoms with E-state index in [1.807, 2.05) is 35.7 Å². The maximum absolute atomic E-state index is 12.1. The Labute approximate surface area is 143 Å². The van der Waals surface area contributed by atoms with Crippen LogP contribution in [-0.4, -0.2) is 21.8 Å². The molecule has 0 bridgehead atoms. The Balaban J connectivity index is 1.60. The lowest BCUT2D eigenvalue weighted by molar-refractivity contribution is -0.116. The van der Waals surface area contributed by atoms with Gasteiger partial charge in [-0.1, -0.05) is 30.3 Å². The van der Waals surface area contributed by atoms with E-state index in [2.05, 4.69) is 10.3 Å². The molecular weight excluding hydrogens is 322 g/mol. The lowest BCUT2D eigenvalue weighted by Crippen LogP contribution is -2.25. The van der Waals surface area contributed by atoms with Gasteiger partial charge in [0, 0.05) is 41.9 Å². The number of hydrogen-bond acceptors (Lipinski definition) is 4. The van der Waals surface area contributed by atoms with Crippen LogP contribution in [0, 0.1) is 6.92 Å². The van der Waals surface area contributed by atoms with Crippen molar-refractivity contribution in [3.8, 4) is 0 Å². The first-order valence-electron chi connectivity index (χ1n) is 7.61. The molecule has 0 aliphatic heterocycles. The van der Waals surface area contributed by atoms with Gasteiger partial charge in [0.15, 0.2) is 4.96 Å². The van der Waals surface area contributed by atoms with E-state index in [9.17, 15) is 9.59 Å². The van der Waals surface area contributed by atoms with Crippen LogP contribution in [0.4, 0.5) is 0 Å². The van der Waals surface area contributed by atoms with Gasteiger partial charge < -0.3 is 5.32 Å². The van der Waals surface area contributed by atoms with Gasteiger partial charge in [0.05, 0.1) is 0 Å². The summed E-state index contributed by atoms with van der Waals surface area (Å²) in [6, 6.07) is 11.2. The third-order valence-electron chi connectivity index (χ3n) is 3.51. The molecule has 0 atom stereocenters. The van der Waals surface area contributed by atoms with Crippen molar-refractivity contribution in [1.82, 2.24) is 14.7 Å². The van der Waals surface area contributed by atoms with Crippen LogP contribution in [0.25, 0.3) is 11.0 Å². The summed E-state index contributed by atoms with van der Waals surface area (Å²) in [5, 5.41) is 4.74. The molecule has 3 aromatic rings. The Morgan fingerprint density at radius 1 is 1.33 bits per heavy atom. The van der Waals surface area contributed by atoms with Crippen LogP contribution < -0.4 is 10.9 Å². The molecule has 0 radical (unpaired) electrons. The normalized spacial score (nSPS) is 11.2. The second-order valence-electron chi connectivity index (χ2n) is 5.37. The molecule has 2 aromatic heterocycles. The summed E-state index contributed by atoms with van der Waals surface area (Å²) in [6.45, 7) is 2.27. The molecule has 0 saturated carbocycles. The number of nitrogens with zero attached hydrogens (tertiary/aromatic N) is 2. The molecule has 122 valence electrons. The van der Waals surface area contributed by atoms with Gasteiger partial charge in [-0.3, -0.25) is 14.0 Å². The van der Waals surface area contributed by atoms with E-state index in [1.165, 1.54) is 23.5 Å². The number of carbonyl (C=O) groups is 1. The highest BCUT2D eigenvalue weighted by atomic mass is 32.1. The third kappa shape index (κ3) is 3.78. The highest BCUT2D eigenvalue weighted by Gasteiger charge is 2.07. The van der Waals surface area contributed by atoms with E-state index in [1.54, 1.807) is 17.4 Å². The molecule has 24 heavy (non-hydrogen) atoms. The highest BCUT2D eigenvalue weighted by Crippen LogP contribution is 2.12. The van der Waals surface area contributed by atoms with Crippen molar-refractivity contribution in [1.29, 1.82) is 0 Å². The summed E-state index contributed by atoms with van der Waals surface area (Å²) in [5.74, 6) is -0.153. The number of carbonyl (C=O) groups excluding carboxylic acids is 1. The summed E-state index contributed by atoms with van der Waals surface area (Å²) >= 11 is 1.43. The minimum Gasteiger partial charge on any atom is -0.352 e. The number of benzene rings is 1. The molecule has 6 heteroatoms. The van der Waals surface area contributed by atoms with Crippen molar-refractivity contribution < 1.29 is 4.79 Å². The van der Waals surface area contributed by atoms with Crippen molar-refractivity contribution in [2.45, 2.75) is 13.3 Å². The average molecular weight is 339 g/mol. The van der Waals surface area contributed by atoms with Gasteiger partial charge in [0.25, 0.3) is 5.56 Å². The predicted molar refractivity (Wildman–Crippen MR) is 96.3 cm³/mol. The summed E-state index contributed by atoms with van der Waals surface area (Å²) in [6.07, 6.45) is 3.86. The summed E-state index contributed by atoms with van der Waals surface area (Å²) < 4.78 is 1.60. The van der Waals surface area contributed by atoms with Crippen molar-refractivity contribution in [2.24, 2.45) is 0 Å². The van der Waals surface area contributed by atoms with Crippen LogP contribution in [0.15, 0.2) is 52.6 Å². The Kier molecular flexibility index (Phi) is 4.86. The molecule has 0 unspecified atom stereocenters. The quantitative estimate of drug-likeness (QED) is 0.726. The predicted octanol–water partition coefficient (Wildman–Crippen LogP) is 2.44. The maximum atomic E-state index is 12.1. The smallest absolute Gasteiger partial charge is 0.258 e. The molecule has 0 aliphatic rings. The number of hydrogen-bond donors (Lipinski definition) is 1. The first-order chi connectivity index (χ1) is 11.6. The molecular formula is C18H17N3O2S. The minimum absolute atomic E-state index is 0.0796. The maximum Gasteiger partial charge on any atom is 0.258 e. The lowest BCUT2D eigenvalue weighted by Gasteiger charge is -2.03. The number of aromatic nitrogens is 2. The van der Waals surface area contributed by atoms with Crippen molar-refractivity contribution in [3.63, 3.8) is 0 Å². The Morgan fingerprint density at radius 2 is 2.12 bits per heavy atom. The van der Waals surface area contributed by atoms with E-state index in [0.29, 0.717) is 23.6 Å². The monoisotopic (exact) mass is 339 g/mol. The Bertz CT molecular complexity index is 942. The van der Waals surface area contributed by atoms with Gasteiger partial charge in [-0.15, -0.1) is 11.3 Å².